The van der Waals surface area contributed by atoms with Gasteiger partial charge in [0.2, 0.25) is 0 Å². The van der Waals surface area contributed by atoms with E-state index in [4.69, 9.17) is 10.2 Å². The molecule has 1 fully saturated rings. The molecule has 1 atom stereocenters. The predicted octanol–water partition coefficient (Wildman–Crippen LogP) is 1.40. The number of nitrogens with two attached hydrogens (primary N) is 1. The van der Waals surface area contributed by atoms with Gasteiger partial charge < -0.3 is 15.3 Å². The molecular formula is C8H11NO2. The number of furan rings is 1. The molecule has 3 N–H and O–H groups in total. The predicted molar refractivity (Wildman–Crippen MR) is 40.0 cm³/mol. The molecule has 0 bridgehead atoms. The van der Waals surface area contributed by atoms with Crippen LogP contribution in [-0.2, 0) is 0 Å². The Morgan fingerprint density at radius 2 is 2.36 bits per heavy atom. The van der Waals surface area contributed by atoms with Crippen LogP contribution in [0, 0.1) is 5.92 Å². The van der Waals surface area contributed by atoms with Gasteiger partial charge >= 0.3 is 0 Å². The van der Waals surface area contributed by atoms with Crippen molar-refractivity contribution in [1.82, 2.24) is 0 Å². The number of hydrogen-bond acceptors (Lipinski definition) is 3. The Kier molecular flexibility index (Phi) is 1.39. The van der Waals surface area contributed by atoms with E-state index in [1.165, 1.54) is 12.3 Å². The summed E-state index contributed by atoms with van der Waals surface area (Å²) in [6.07, 6.45) is 3.77. The van der Waals surface area contributed by atoms with Gasteiger partial charge in [-0.2, -0.15) is 0 Å². The summed E-state index contributed by atoms with van der Waals surface area (Å²) in [4.78, 5) is 0. The minimum atomic E-state index is -0.106. The largest absolute Gasteiger partial charge is 0.504 e. The van der Waals surface area contributed by atoms with Crippen LogP contribution in [0.5, 0.6) is 5.75 Å². The second-order valence-corrected chi connectivity index (χ2v) is 3.03. The van der Waals surface area contributed by atoms with Crippen molar-refractivity contribution in [3.05, 3.63) is 18.1 Å². The molecule has 0 radical (unpaired) electrons. The van der Waals surface area contributed by atoms with Crippen LogP contribution in [0.15, 0.2) is 16.7 Å². The molecule has 0 spiro atoms. The van der Waals surface area contributed by atoms with Crippen molar-refractivity contribution in [1.29, 1.82) is 0 Å². The first-order valence-corrected chi connectivity index (χ1v) is 3.81. The second kappa shape index (κ2) is 2.27. The molecule has 1 aromatic heterocycles. The van der Waals surface area contributed by atoms with Crippen LogP contribution in [0.3, 0.4) is 0 Å². The van der Waals surface area contributed by atoms with Crippen molar-refractivity contribution in [2.75, 3.05) is 0 Å². The number of aromatic hydroxyl groups is 1. The zero-order valence-electron chi connectivity index (χ0n) is 6.16. The van der Waals surface area contributed by atoms with Crippen LogP contribution in [0.1, 0.15) is 24.6 Å². The molecule has 2 rings (SSSR count). The van der Waals surface area contributed by atoms with Crippen LogP contribution < -0.4 is 5.73 Å². The summed E-state index contributed by atoms with van der Waals surface area (Å²) in [5.74, 6) is 1.24. The molecule has 0 amide bonds. The van der Waals surface area contributed by atoms with Gasteiger partial charge in [0.25, 0.3) is 0 Å². The smallest absolute Gasteiger partial charge is 0.162 e. The highest BCUT2D eigenvalue weighted by molar-refractivity contribution is 5.26. The number of hydrogen-bond donors (Lipinski definition) is 2. The maximum Gasteiger partial charge on any atom is 0.162 e. The maximum atomic E-state index is 9.22. The summed E-state index contributed by atoms with van der Waals surface area (Å²) in [5.41, 5.74) is 5.79. The average Bonchev–Trinajstić information content (AvgIpc) is 2.74. The molecule has 1 saturated carbocycles. The van der Waals surface area contributed by atoms with E-state index in [-0.39, 0.29) is 11.8 Å². The quantitative estimate of drug-likeness (QED) is 0.675. The highest BCUT2D eigenvalue weighted by atomic mass is 16.4. The van der Waals surface area contributed by atoms with Crippen molar-refractivity contribution in [2.24, 2.45) is 11.7 Å². The first kappa shape index (κ1) is 6.73. The fourth-order valence-corrected chi connectivity index (χ4v) is 1.23. The van der Waals surface area contributed by atoms with Gasteiger partial charge in [0.05, 0.1) is 12.3 Å². The zero-order valence-corrected chi connectivity index (χ0v) is 6.16. The standard InChI is InChI=1S/C8H11NO2/c9-7(5-1-2-5)8-6(10)3-4-11-8/h3-5,7,10H,1-2,9H2/t7-/m1/s1. The summed E-state index contributed by atoms with van der Waals surface area (Å²) < 4.78 is 5.05. The fourth-order valence-electron chi connectivity index (χ4n) is 1.23. The monoisotopic (exact) mass is 153 g/mol. The minimum Gasteiger partial charge on any atom is -0.504 e. The molecule has 0 saturated heterocycles. The Labute approximate surface area is 64.8 Å². The lowest BCUT2D eigenvalue weighted by Gasteiger charge is -2.05. The molecule has 3 heteroatoms. The third-order valence-corrected chi connectivity index (χ3v) is 2.11. The van der Waals surface area contributed by atoms with E-state index in [9.17, 15) is 5.11 Å². The van der Waals surface area contributed by atoms with Gasteiger partial charge in [-0.3, -0.25) is 0 Å². The van der Waals surface area contributed by atoms with E-state index in [1.807, 2.05) is 0 Å². The fraction of sp³-hybridized carbons (Fsp3) is 0.500. The van der Waals surface area contributed by atoms with Gasteiger partial charge in [-0.05, 0) is 18.8 Å². The van der Waals surface area contributed by atoms with Crippen molar-refractivity contribution < 1.29 is 9.52 Å². The highest BCUT2D eigenvalue weighted by Gasteiger charge is 2.32. The first-order valence-electron chi connectivity index (χ1n) is 3.81. The van der Waals surface area contributed by atoms with Gasteiger partial charge in [0.15, 0.2) is 11.5 Å². The van der Waals surface area contributed by atoms with Crippen LogP contribution >= 0.6 is 0 Å². The lowest BCUT2D eigenvalue weighted by molar-refractivity contribution is 0.394. The van der Waals surface area contributed by atoms with Gasteiger partial charge in [-0.1, -0.05) is 0 Å². The first-order chi connectivity index (χ1) is 5.29. The summed E-state index contributed by atoms with van der Waals surface area (Å²) in [6.45, 7) is 0. The van der Waals surface area contributed by atoms with E-state index < -0.39 is 0 Å². The molecule has 3 nitrogen and oxygen atoms in total. The zero-order chi connectivity index (χ0) is 7.84. The molecule has 60 valence electrons. The van der Waals surface area contributed by atoms with Crippen LogP contribution in [-0.4, -0.2) is 5.11 Å². The number of rotatable bonds is 2. The van der Waals surface area contributed by atoms with Gasteiger partial charge in [-0.15, -0.1) is 0 Å². The summed E-state index contributed by atoms with van der Waals surface area (Å²) >= 11 is 0. The Hall–Kier alpha value is -0.960. The summed E-state index contributed by atoms with van der Waals surface area (Å²) in [6, 6.07) is 1.42. The van der Waals surface area contributed by atoms with E-state index in [2.05, 4.69) is 0 Å². The van der Waals surface area contributed by atoms with E-state index >= 15 is 0 Å². The molecule has 1 aliphatic carbocycles. The molecule has 1 aliphatic rings. The van der Waals surface area contributed by atoms with Gasteiger partial charge in [0.1, 0.15) is 0 Å². The molecule has 1 aromatic rings. The summed E-state index contributed by atoms with van der Waals surface area (Å²) in [5, 5.41) is 9.22. The summed E-state index contributed by atoms with van der Waals surface area (Å²) in [7, 11) is 0. The Morgan fingerprint density at radius 3 is 2.82 bits per heavy atom. The third kappa shape index (κ3) is 1.12. The Balaban J connectivity index is 2.20. The van der Waals surface area contributed by atoms with Crippen molar-refractivity contribution in [3.63, 3.8) is 0 Å². The molecule has 11 heavy (non-hydrogen) atoms. The molecular weight excluding hydrogens is 142 g/mol. The minimum absolute atomic E-state index is 0.106. The molecule has 1 heterocycles. The van der Waals surface area contributed by atoms with E-state index in [0.717, 1.165) is 12.8 Å². The third-order valence-electron chi connectivity index (χ3n) is 2.11. The Morgan fingerprint density at radius 1 is 1.64 bits per heavy atom. The maximum absolute atomic E-state index is 9.22. The molecule has 0 aromatic carbocycles. The topological polar surface area (TPSA) is 59.4 Å². The molecule has 0 aliphatic heterocycles. The van der Waals surface area contributed by atoms with Crippen molar-refractivity contribution in [2.45, 2.75) is 18.9 Å². The van der Waals surface area contributed by atoms with Crippen LogP contribution in [0.25, 0.3) is 0 Å². The Bertz CT molecular complexity index is 252. The van der Waals surface area contributed by atoms with Crippen molar-refractivity contribution in [3.8, 4) is 5.75 Å². The second-order valence-electron chi connectivity index (χ2n) is 3.03. The van der Waals surface area contributed by atoms with E-state index in [1.54, 1.807) is 0 Å². The van der Waals surface area contributed by atoms with Gasteiger partial charge in [0, 0.05) is 6.07 Å². The van der Waals surface area contributed by atoms with Crippen LogP contribution in [0.2, 0.25) is 0 Å². The molecule has 0 unspecified atom stereocenters. The lowest BCUT2D eigenvalue weighted by atomic mass is 10.1. The highest BCUT2D eigenvalue weighted by Crippen LogP contribution is 2.41. The van der Waals surface area contributed by atoms with Crippen molar-refractivity contribution >= 4 is 0 Å². The normalized spacial score (nSPS) is 20.1. The average molecular weight is 153 g/mol. The lowest BCUT2D eigenvalue weighted by Crippen LogP contribution is -2.11. The van der Waals surface area contributed by atoms with Gasteiger partial charge in [-0.25, -0.2) is 0 Å². The van der Waals surface area contributed by atoms with E-state index in [0.29, 0.717) is 11.7 Å². The van der Waals surface area contributed by atoms with Crippen LogP contribution in [0.4, 0.5) is 0 Å². The SMILES string of the molecule is N[C@@H](c1occc1O)C1CC1.